The monoisotopic (exact) mass is 322 g/mol. The maximum atomic E-state index is 13.1. The van der Waals surface area contributed by atoms with Gasteiger partial charge < -0.3 is 10.5 Å². The van der Waals surface area contributed by atoms with Gasteiger partial charge in [-0.2, -0.15) is 0 Å². The molecule has 0 aliphatic rings. The number of aromatic nitrogens is 1. The Hall–Kier alpha value is -1.46. The third-order valence-electron chi connectivity index (χ3n) is 3.54. The van der Waals surface area contributed by atoms with E-state index in [1.54, 1.807) is 23.5 Å². The van der Waals surface area contributed by atoms with Crippen LogP contribution in [0.5, 0.6) is 5.75 Å². The smallest absolute Gasteiger partial charge is 0.126 e. The highest BCUT2D eigenvalue weighted by Gasteiger charge is 2.23. The zero-order valence-corrected chi connectivity index (χ0v) is 14.0. The number of ether oxygens (including phenoxy) is 1. The molecule has 2 aromatic rings. The van der Waals surface area contributed by atoms with Crippen LogP contribution < -0.4 is 10.5 Å². The molecule has 0 aliphatic carbocycles. The molecule has 22 heavy (non-hydrogen) atoms. The predicted octanol–water partition coefficient (Wildman–Crippen LogP) is 3.92. The lowest BCUT2D eigenvalue weighted by Gasteiger charge is -2.21. The maximum Gasteiger partial charge on any atom is 0.126 e. The summed E-state index contributed by atoms with van der Waals surface area (Å²) in [4.78, 5) is 4.67. The Labute approximate surface area is 135 Å². The van der Waals surface area contributed by atoms with Crippen molar-refractivity contribution in [2.45, 2.75) is 38.5 Å². The van der Waals surface area contributed by atoms with E-state index in [2.05, 4.69) is 24.2 Å². The molecule has 0 saturated heterocycles. The third kappa shape index (κ3) is 4.78. The molecule has 3 nitrogen and oxygen atoms in total. The minimum Gasteiger partial charge on any atom is -0.493 e. The van der Waals surface area contributed by atoms with E-state index in [-0.39, 0.29) is 11.2 Å². The Bertz CT molecular complexity index is 598. The average molecular weight is 322 g/mol. The van der Waals surface area contributed by atoms with Crippen molar-refractivity contribution in [2.75, 3.05) is 13.2 Å². The van der Waals surface area contributed by atoms with E-state index in [1.165, 1.54) is 12.1 Å². The number of benzene rings is 1. The van der Waals surface area contributed by atoms with Gasteiger partial charge in [0.25, 0.3) is 0 Å². The molecular weight excluding hydrogens is 299 g/mol. The summed E-state index contributed by atoms with van der Waals surface area (Å²) in [7, 11) is 0. The highest BCUT2D eigenvalue weighted by molar-refractivity contribution is 7.09. The molecule has 120 valence electrons. The zero-order chi connectivity index (χ0) is 16.0. The highest BCUT2D eigenvalue weighted by Crippen LogP contribution is 2.31. The Kier molecular flexibility index (Phi) is 5.91. The van der Waals surface area contributed by atoms with Crippen molar-refractivity contribution in [1.82, 2.24) is 4.98 Å². The van der Waals surface area contributed by atoms with Crippen molar-refractivity contribution < 1.29 is 9.13 Å². The summed E-state index contributed by atoms with van der Waals surface area (Å²) in [5.74, 6) is 0.310. The molecule has 0 radical (unpaired) electrons. The minimum absolute atomic E-state index is 0.0167. The zero-order valence-electron chi connectivity index (χ0n) is 13.1. The molecule has 0 spiro atoms. The summed E-state index contributed by atoms with van der Waals surface area (Å²) in [6.07, 6.45) is 2.70. The molecule has 1 aromatic heterocycles. The second kappa shape index (κ2) is 7.70. The molecule has 2 rings (SSSR count). The Morgan fingerprint density at radius 1 is 1.36 bits per heavy atom. The van der Waals surface area contributed by atoms with Gasteiger partial charge in [-0.3, -0.25) is 0 Å². The number of nitrogens with two attached hydrogens (primary N) is 1. The molecule has 5 heteroatoms. The van der Waals surface area contributed by atoms with E-state index in [9.17, 15) is 4.39 Å². The largest absolute Gasteiger partial charge is 0.493 e. The van der Waals surface area contributed by atoms with Crippen LogP contribution in [0, 0.1) is 5.82 Å². The summed E-state index contributed by atoms with van der Waals surface area (Å²) in [6.45, 7) is 5.60. The van der Waals surface area contributed by atoms with Crippen LogP contribution in [-0.4, -0.2) is 18.1 Å². The van der Waals surface area contributed by atoms with Crippen molar-refractivity contribution in [3.8, 4) is 5.75 Å². The van der Waals surface area contributed by atoms with Gasteiger partial charge in [0.15, 0.2) is 0 Å². The van der Waals surface area contributed by atoms with Gasteiger partial charge in [0.05, 0.1) is 17.3 Å². The van der Waals surface area contributed by atoms with Crippen molar-refractivity contribution in [3.05, 3.63) is 46.2 Å². The lowest BCUT2D eigenvalue weighted by atomic mass is 9.89. The van der Waals surface area contributed by atoms with E-state index in [4.69, 9.17) is 10.5 Å². The van der Waals surface area contributed by atoms with Gasteiger partial charge in [-0.05, 0) is 31.5 Å². The molecule has 0 aliphatic heterocycles. The van der Waals surface area contributed by atoms with Gasteiger partial charge in [0.2, 0.25) is 0 Å². The van der Waals surface area contributed by atoms with E-state index in [1.807, 2.05) is 0 Å². The van der Waals surface area contributed by atoms with Gasteiger partial charge in [0.1, 0.15) is 11.6 Å². The van der Waals surface area contributed by atoms with Crippen LogP contribution in [0.2, 0.25) is 0 Å². The summed E-state index contributed by atoms with van der Waals surface area (Å²) in [5, 5.41) is 3.23. The van der Waals surface area contributed by atoms with Crippen LogP contribution in [0.4, 0.5) is 4.39 Å². The average Bonchev–Trinajstić information content (AvgIpc) is 2.94. The van der Waals surface area contributed by atoms with E-state index in [0.717, 1.165) is 30.0 Å². The molecule has 0 fully saturated rings. The predicted molar refractivity (Wildman–Crippen MR) is 89.0 cm³/mol. The highest BCUT2D eigenvalue weighted by atomic mass is 32.1. The van der Waals surface area contributed by atoms with Gasteiger partial charge in [0, 0.05) is 23.3 Å². The number of halogens is 1. The van der Waals surface area contributed by atoms with Gasteiger partial charge in [-0.1, -0.05) is 19.9 Å². The first-order valence-corrected chi connectivity index (χ1v) is 8.42. The second-order valence-corrected chi connectivity index (χ2v) is 6.83. The molecule has 2 N–H and O–H groups in total. The number of rotatable bonds is 8. The first-order chi connectivity index (χ1) is 10.5. The van der Waals surface area contributed by atoms with Gasteiger partial charge in [-0.15, -0.1) is 11.3 Å². The standard InChI is InChI=1S/C17H23FN2OS/c1-17(2,16-20-14(7-9-19)12-22-16)8-4-10-21-15-6-3-5-13(18)11-15/h3,5-6,11-12H,4,7-10,19H2,1-2H3. The van der Waals surface area contributed by atoms with Crippen molar-refractivity contribution in [2.24, 2.45) is 5.73 Å². The molecular formula is C17H23FN2OS. The van der Waals surface area contributed by atoms with Crippen molar-refractivity contribution in [1.29, 1.82) is 0 Å². The summed E-state index contributed by atoms with van der Waals surface area (Å²) >= 11 is 1.70. The maximum absolute atomic E-state index is 13.1. The first kappa shape index (κ1) is 16.9. The quantitative estimate of drug-likeness (QED) is 0.749. The van der Waals surface area contributed by atoms with E-state index >= 15 is 0 Å². The van der Waals surface area contributed by atoms with E-state index in [0.29, 0.717) is 18.9 Å². The van der Waals surface area contributed by atoms with Crippen LogP contribution in [0.3, 0.4) is 0 Å². The fourth-order valence-corrected chi connectivity index (χ4v) is 3.26. The number of thiazole rings is 1. The lowest BCUT2D eigenvalue weighted by Crippen LogP contribution is -2.18. The molecule has 0 saturated carbocycles. The normalized spacial score (nSPS) is 11.6. The SMILES string of the molecule is CC(C)(CCCOc1cccc(F)c1)c1nc(CCN)cs1. The fraction of sp³-hybridized carbons (Fsp3) is 0.471. The van der Waals surface area contributed by atoms with Crippen LogP contribution >= 0.6 is 11.3 Å². The molecule has 1 aromatic carbocycles. The first-order valence-electron chi connectivity index (χ1n) is 7.54. The van der Waals surface area contributed by atoms with Gasteiger partial charge >= 0.3 is 0 Å². The Morgan fingerprint density at radius 2 is 2.18 bits per heavy atom. The van der Waals surface area contributed by atoms with Gasteiger partial charge in [-0.25, -0.2) is 9.37 Å². The van der Waals surface area contributed by atoms with E-state index < -0.39 is 0 Å². The molecule has 1 heterocycles. The minimum atomic E-state index is -0.270. The van der Waals surface area contributed by atoms with Crippen LogP contribution in [0.25, 0.3) is 0 Å². The number of nitrogens with zero attached hydrogens (tertiary/aromatic N) is 1. The molecule has 0 bridgehead atoms. The molecule has 0 atom stereocenters. The van der Waals surface area contributed by atoms with Crippen LogP contribution in [-0.2, 0) is 11.8 Å². The number of hydrogen-bond acceptors (Lipinski definition) is 4. The van der Waals surface area contributed by atoms with Crippen molar-refractivity contribution >= 4 is 11.3 Å². The summed E-state index contributed by atoms with van der Waals surface area (Å²) in [5.41, 5.74) is 6.66. The fourth-order valence-electron chi connectivity index (χ4n) is 2.25. The summed E-state index contributed by atoms with van der Waals surface area (Å²) < 4.78 is 18.6. The Morgan fingerprint density at radius 3 is 2.91 bits per heavy atom. The topological polar surface area (TPSA) is 48.1 Å². The molecule has 0 amide bonds. The molecule has 0 unspecified atom stereocenters. The lowest BCUT2D eigenvalue weighted by molar-refractivity contribution is 0.287. The van der Waals surface area contributed by atoms with Crippen LogP contribution in [0.1, 0.15) is 37.4 Å². The van der Waals surface area contributed by atoms with Crippen LogP contribution in [0.15, 0.2) is 29.6 Å². The van der Waals surface area contributed by atoms with Crippen molar-refractivity contribution in [3.63, 3.8) is 0 Å². The Balaban J connectivity index is 1.81. The summed E-state index contributed by atoms with van der Waals surface area (Å²) in [6, 6.07) is 6.25. The third-order valence-corrected chi connectivity index (χ3v) is 4.80. The number of hydrogen-bond donors (Lipinski definition) is 1. The second-order valence-electron chi connectivity index (χ2n) is 5.98.